The molecule has 1 heterocycles. The van der Waals surface area contributed by atoms with Crippen LogP contribution in [0.3, 0.4) is 0 Å². The first-order chi connectivity index (χ1) is 9.96. The van der Waals surface area contributed by atoms with E-state index in [-0.39, 0.29) is 31.0 Å². The molecule has 0 aliphatic carbocycles. The van der Waals surface area contributed by atoms with Gasteiger partial charge in [0.1, 0.15) is 13.1 Å². The van der Waals surface area contributed by atoms with Crippen molar-refractivity contribution in [1.82, 2.24) is 15.0 Å². The lowest BCUT2D eigenvalue weighted by Crippen LogP contribution is -2.40. The van der Waals surface area contributed by atoms with E-state index < -0.39 is 11.8 Å². The quantitative estimate of drug-likeness (QED) is 0.497. The third kappa shape index (κ3) is 5.47. The molecule has 0 fully saturated rings. The zero-order valence-electron chi connectivity index (χ0n) is 12.0. The number of nitrogens with one attached hydrogen (secondary N) is 1. The van der Waals surface area contributed by atoms with Gasteiger partial charge >= 0.3 is 6.01 Å². The van der Waals surface area contributed by atoms with Crippen molar-refractivity contribution in [2.75, 3.05) is 37.0 Å². The number of anilines is 2. The van der Waals surface area contributed by atoms with Gasteiger partial charge in [-0.05, 0) is 6.42 Å². The summed E-state index contributed by atoms with van der Waals surface area (Å²) in [4.78, 5) is 35.6. The van der Waals surface area contributed by atoms with E-state index in [2.05, 4.69) is 20.3 Å². The molecule has 0 saturated heterocycles. The predicted octanol–water partition coefficient (Wildman–Crippen LogP) is -1.52. The number of carbonyl (C=O) groups excluding carboxylic acids is 2. The Hall–Kier alpha value is -2.65. The van der Waals surface area contributed by atoms with Crippen molar-refractivity contribution in [1.29, 1.82) is 0 Å². The van der Waals surface area contributed by atoms with Gasteiger partial charge in [-0.2, -0.15) is 15.0 Å². The zero-order valence-corrected chi connectivity index (χ0v) is 12.0. The number of primary amides is 2. The number of hydrogen-bond acceptors (Lipinski definition) is 8. The molecule has 5 N–H and O–H groups in total. The zero-order chi connectivity index (χ0) is 15.8. The molecule has 0 spiro atoms. The summed E-state index contributed by atoms with van der Waals surface area (Å²) >= 11 is 0. The van der Waals surface area contributed by atoms with Crippen LogP contribution in [0.2, 0.25) is 0 Å². The van der Waals surface area contributed by atoms with Crippen LogP contribution in [0.25, 0.3) is 0 Å². The van der Waals surface area contributed by atoms with Crippen molar-refractivity contribution in [2.24, 2.45) is 11.5 Å². The van der Waals surface area contributed by atoms with Crippen molar-refractivity contribution >= 4 is 23.7 Å². The molecule has 1 aromatic heterocycles. The summed E-state index contributed by atoms with van der Waals surface area (Å²) in [5, 5.41) is 2.74. The first kappa shape index (κ1) is 16.4. The molecule has 0 unspecified atom stereocenters. The number of hydrogen-bond donors (Lipinski definition) is 3. The van der Waals surface area contributed by atoms with E-state index >= 15 is 0 Å². The second kappa shape index (κ2) is 7.82. The minimum absolute atomic E-state index is 0.0815. The smallest absolute Gasteiger partial charge is 0.323 e. The monoisotopic (exact) mass is 297 g/mol. The van der Waals surface area contributed by atoms with Crippen molar-refractivity contribution in [3.05, 3.63) is 0 Å². The highest BCUT2D eigenvalue weighted by Gasteiger charge is 2.17. The Labute approximate surface area is 121 Å². The minimum atomic E-state index is -0.640. The molecule has 0 aromatic carbocycles. The van der Waals surface area contributed by atoms with Crippen molar-refractivity contribution in [3.8, 4) is 6.01 Å². The Morgan fingerprint density at radius 2 is 1.81 bits per heavy atom. The number of aromatic nitrogens is 3. The summed E-state index contributed by atoms with van der Waals surface area (Å²) in [6.45, 7) is 1.87. The molecule has 0 saturated carbocycles. The number of nitrogens with zero attached hydrogens (tertiary/aromatic N) is 4. The maximum Gasteiger partial charge on any atom is 0.323 e. The van der Waals surface area contributed by atoms with Crippen molar-refractivity contribution in [2.45, 2.75) is 13.3 Å². The van der Waals surface area contributed by atoms with Crippen LogP contribution in [-0.4, -0.2) is 53.5 Å². The molecule has 2 amide bonds. The molecule has 1 rings (SSSR count). The Bertz CT molecular complexity index is 493. The topological polar surface area (TPSA) is 149 Å². The van der Waals surface area contributed by atoms with Gasteiger partial charge in [0.05, 0.1) is 6.61 Å². The number of carbonyl (C=O) groups is 2. The molecule has 0 radical (unpaired) electrons. The molecule has 0 aliphatic rings. The lowest BCUT2D eigenvalue weighted by Gasteiger charge is -2.19. The first-order valence-electron chi connectivity index (χ1n) is 6.34. The molecule has 116 valence electrons. The van der Waals surface area contributed by atoms with Gasteiger partial charge in [-0.25, -0.2) is 0 Å². The molecule has 0 aliphatic heterocycles. The van der Waals surface area contributed by atoms with Crippen LogP contribution in [0.5, 0.6) is 6.01 Å². The summed E-state index contributed by atoms with van der Waals surface area (Å²) in [6.07, 6.45) is 0.780. The molecule has 10 heteroatoms. The highest BCUT2D eigenvalue weighted by atomic mass is 16.5. The number of nitrogens with two attached hydrogens (primary N) is 2. The van der Waals surface area contributed by atoms with Crippen LogP contribution in [0.15, 0.2) is 0 Å². The summed E-state index contributed by atoms with van der Waals surface area (Å²) < 4.78 is 5.34. The molecule has 0 bridgehead atoms. The fourth-order valence-electron chi connectivity index (χ4n) is 1.43. The number of rotatable bonds is 9. The van der Waals surface area contributed by atoms with E-state index in [9.17, 15) is 9.59 Å². The van der Waals surface area contributed by atoms with E-state index in [1.54, 1.807) is 7.05 Å². The van der Waals surface area contributed by atoms with Crippen LogP contribution in [0, 0.1) is 0 Å². The summed E-state index contributed by atoms with van der Waals surface area (Å²) in [7, 11) is 1.62. The maximum absolute atomic E-state index is 11.1. The van der Waals surface area contributed by atoms with Crippen molar-refractivity contribution < 1.29 is 14.3 Å². The Morgan fingerprint density at radius 3 is 2.29 bits per heavy atom. The lowest BCUT2D eigenvalue weighted by molar-refractivity contribution is -0.117. The van der Waals surface area contributed by atoms with Gasteiger partial charge in [-0.1, -0.05) is 6.92 Å². The number of amides is 2. The minimum Gasteiger partial charge on any atom is -0.463 e. The Morgan fingerprint density at radius 1 is 1.19 bits per heavy atom. The second-order valence-electron chi connectivity index (χ2n) is 4.13. The van der Waals surface area contributed by atoms with Gasteiger partial charge in [0.25, 0.3) is 0 Å². The SMILES string of the molecule is CCCOc1nc(NC)nc(N(CC(N)=O)CC(N)=O)n1. The second-order valence-corrected chi connectivity index (χ2v) is 4.13. The van der Waals surface area contributed by atoms with Crippen LogP contribution in [0.1, 0.15) is 13.3 Å². The fraction of sp³-hybridized carbons (Fsp3) is 0.545. The molecule has 10 nitrogen and oxygen atoms in total. The largest absolute Gasteiger partial charge is 0.463 e. The normalized spacial score (nSPS) is 10.0. The van der Waals surface area contributed by atoms with Crippen LogP contribution in [-0.2, 0) is 9.59 Å². The van der Waals surface area contributed by atoms with E-state index in [0.717, 1.165) is 6.42 Å². The van der Waals surface area contributed by atoms with E-state index in [4.69, 9.17) is 16.2 Å². The van der Waals surface area contributed by atoms with E-state index in [1.165, 1.54) is 4.90 Å². The molecule has 21 heavy (non-hydrogen) atoms. The fourth-order valence-corrected chi connectivity index (χ4v) is 1.43. The van der Waals surface area contributed by atoms with Gasteiger partial charge < -0.3 is 26.4 Å². The summed E-state index contributed by atoms with van der Waals surface area (Å²) in [5.41, 5.74) is 10.3. The molecule has 0 atom stereocenters. The van der Waals surface area contributed by atoms with Gasteiger partial charge in [-0.15, -0.1) is 0 Å². The number of ether oxygens (including phenoxy) is 1. The van der Waals surface area contributed by atoms with Crippen LogP contribution < -0.4 is 26.4 Å². The molecular weight excluding hydrogens is 278 g/mol. The molecular formula is C11H19N7O3. The summed E-state index contributed by atoms with van der Waals surface area (Å²) in [6, 6.07) is 0.0881. The van der Waals surface area contributed by atoms with Crippen LogP contribution in [0.4, 0.5) is 11.9 Å². The standard InChI is InChI=1S/C11H19N7O3/c1-3-4-21-11-16-9(14-2)15-10(17-11)18(5-7(12)19)6-8(13)20/h3-6H2,1-2H3,(H2,12,19)(H2,13,20)(H,14,15,16,17). The van der Waals surface area contributed by atoms with E-state index in [1.807, 2.05) is 6.92 Å². The highest BCUT2D eigenvalue weighted by Crippen LogP contribution is 2.14. The third-order valence-electron chi connectivity index (χ3n) is 2.24. The van der Waals surface area contributed by atoms with Gasteiger partial charge in [0, 0.05) is 7.05 Å². The maximum atomic E-state index is 11.1. The molecule has 1 aromatic rings. The Kier molecular flexibility index (Phi) is 6.11. The highest BCUT2D eigenvalue weighted by molar-refractivity contribution is 5.84. The van der Waals surface area contributed by atoms with Gasteiger partial charge in [-0.3, -0.25) is 9.59 Å². The predicted molar refractivity (Wildman–Crippen MR) is 75.8 cm³/mol. The lowest BCUT2D eigenvalue weighted by atomic mass is 10.4. The van der Waals surface area contributed by atoms with Crippen molar-refractivity contribution in [3.63, 3.8) is 0 Å². The Balaban J connectivity index is 3.08. The first-order valence-corrected chi connectivity index (χ1v) is 6.34. The van der Waals surface area contributed by atoms with Gasteiger partial charge in [0.2, 0.25) is 23.7 Å². The van der Waals surface area contributed by atoms with Crippen LogP contribution >= 0.6 is 0 Å². The van der Waals surface area contributed by atoms with E-state index in [0.29, 0.717) is 6.61 Å². The van der Waals surface area contributed by atoms with Gasteiger partial charge in [0.15, 0.2) is 0 Å². The summed E-state index contributed by atoms with van der Waals surface area (Å²) in [5.74, 6) is -0.958. The average Bonchev–Trinajstić information content (AvgIpc) is 2.43. The third-order valence-corrected chi connectivity index (χ3v) is 2.24. The average molecular weight is 297 g/mol.